The summed E-state index contributed by atoms with van der Waals surface area (Å²) in [5.41, 5.74) is 0. The Balaban J connectivity index is 1.23. The van der Waals surface area contributed by atoms with Crippen LogP contribution in [-0.4, -0.2) is 136 Å². The molecule has 0 aromatic heterocycles. The molecule has 0 aromatic carbocycles. The van der Waals surface area contributed by atoms with Crippen molar-refractivity contribution in [3.8, 4) is 0 Å². The zero-order chi connectivity index (χ0) is 18.1. The lowest BCUT2D eigenvalue weighted by molar-refractivity contribution is -0.0998. The summed E-state index contributed by atoms with van der Waals surface area (Å²) >= 11 is 0. The van der Waals surface area contributed by atoms with E-state index in [0.717, 1.165) is 45.8 Å². The quantitative estimate of drug-likeness (QED) is 0.417. The first kappa shape index (κ1) is 18.7. The second kappa shape index (κ2) is 8.59. The van der Waals surface area contributed by atoms with Crippen LogP contribution in [0.25, 0.3) is 0 Å². The third-order valence-electron chi connectivity index (χ3n) is 7.28. The van der Waals surface area contributed by atoms with E-state index in [1.807, 2.05) is 0 Å². The van der Waals surface area contributed by atoms with Crippen LogP contribution in [0.3, 0.4) is 0 Å². The fourth-order valence-electron chi connectivity index (χ4n) is 5.95. The molecule has 0 aromatic rings. The molecule has 4 atom stereocenters. The molecule has 5 aliphatic heterocycles. The first-order chi connectivity index (χ1) is 13.4. The molecular formula is C19H38N8. The first-order valence-corrected chi connectivity index (χ1v) is 11.2. The summed E-state index contributed by atoms with van der Waals surface area (Å²) in [7, 11) is 0. The van der Waals surface area contributed by atoms with Crippen LogP contribution in [0.5, 0.6) is 0 Å². The van der Waals surface area contributed by atoms with Gasteiger partial charge >= 0.3 is 0 Å². The van der Waals surface area contributed by atoms with Crippen molar-refractivity contribution in [2.24, 2.45) is 0 Å². The van der Waals surface area contributed by atoms with Crippen LogP contribution in [0.2, 0.25) is 0 Å². The van der Waals surface area contributed by atoms with Gasteiger partial charge in [-0.05, 0) is 6.42 Å². The second-order valence-corrected chi connectivity index (χ2v) is 8.88. The Hall–Kier alpha value is -0.320. The zero-order valence-electron chi connectivity index (χ0n) is 16.7. The van der Waals surface area contributed by atoms with Crippen LogP contribution in [0.1, 0.15) is 6.42 Å². The van der Waals surface area contributed by atoms with Gasteiger partial charge in [-0.15, -0.1) is 0 Å². The molecule has 4 unspecified atom stereocenters. The van der Waals surface area contributed by atoms with Gasteiger partial charge in [0, 0.05) is 104 Å². The van der Waals surface area contributed by atoms with Crippen molar-refractivity contribution in [1.29, 1.82) is 0 Å². The molecule has 154 valence electrons. The van der Waals surface area contributed by atoms with E-state index in [1.165, 1.54) is 52.2 Å². The van der Waals surface area contributed by atoms with Crippen LogP contribution in [0, 0.1) is 0 Å². The molecule has 5 fully saturated rings. The van der Waals surface area contributed by atoms with E-state index in [-0.39, 0.29) is 0 Å². The number of rotatable bonds is 2. The molecule has 8 nitrogen and oxygen atoms in total. The SMILES string of the molecule is C1CNCCNC(CC2CN3CCN4CCN5CCN2C5C43)CNCCN1. The Morgan fingerprint density at radius 3 is 2.07 bits per heavy atom. The van der Waals surface area contributed by atoms with E-state index in [0.29, 0.717) is 24.4 Å². The van der Waals surface area contributed by atoms with Gasteiger partial charge in [0.25, 0.3) is 0 Å². The molecule has 8 heteroatoms. The van der Waals surface area contributed by atoms with Gasteiger partial charge in [-0.3, -0.25) is 19.6 Å². The smallest absolute Gasteiger partial charge is 0.0925 e. The summed E-state index contributed by atoms with van der Waals surface area (Å²) in [6.07, 6.45) is 2.56. The van der Waals surface area contributed by atoms with Gasteiger partial charge in [0.2, 0.25) is 0 Å². The lowest BCUT2D eigenvalue weighted by Gasteiger charge is -2.53. The van der Waals surface area contributed by atoms with Crippen LogP contribution in [0.15, 0.2) is 0 Å². The Labute approximate surface area is 164 Å². The van der Waals surface area contributed by atoms with Crippen LogP contribution in [0.4, 0.5) is 0 Å². The highest BCUT2D eigenvalue weighted by molar-refractivity contribution is 5.05. The van der Waals surface area contributed by atoms with Crippen molar-refractivity contribution in [3.05, 3.63) is 0 Å². The monoisotopic (exact) mass is 378 g/mol. The Bertz CT molecular complexity index is 478. The van der Waals surface area contributed by atoms with Crippen molar-refractivity contribution < 1.29 is 0 Å². The van der Waals surface area contributed by atoms with Crippen LogP contribution < -0.4 is 21.3 Å². The van der Waals surface area contributed by atoms with Gasteiger partial charge < -0.3 is 21.3 Å². The lowest BCUT2D eigenvalue weighted by atomic mass is 10.00. The highest BCUT2D eigenvalue weighted by Crippen LogP contribution is 2.36. The maximum absolute atomic E-state index is 3.84. The van der Waals surface area contributed by atoms with Crippen molar-refractivity contribution in [2.45, 2.75) is 30.8 Å². The number of hydrogen-bond donors (Lipinski definition) is 4. The normalized spacial score (nSPS) is 40.4. The van der Waals surface area contributed by atoms with Crippen molar-refractivity contribution in [3.63, 3.8) is 0 Å². The highest BCUT2D eigenvalue weighted by atomic mass is 15.6. The molecule has 0 saturated carbocycles. The van der Waals surface area contributed by atoms with Gasteiger partial charge in [-0.1, -0.05) is 0 Å². The molecule has 0 aliphatic carbocycles. The lowest BCUT2D eigenvalue weighted by Crippen LogP contribution is -2.69. The zero-order valence-corrected chi connectivity index (χ0v) is 16.7. The second-order valence-electron chi connectivity index (χ2n) is 8.88. The Kier molecular flexibility index (Phi) is 5.94. The van der Waals surface area contributed by atoms with Gasteiger partial charge in [0.1, 0.15) is 0 Å². The summed E-state index contributed by atoms with van der Waals surface area (Å²) < 4.78 is 0. The fraction of sp³-hybridized carbons (Fsp3) is 1.00. The topological polar surface area (TPSA) is 61.1 Å². The molecule has 4 N–H and O–H groups in total. The molecular weight excluding hydrogens is 340 g/mol. The van der Waals surface area contributed by atoms with Crippen molar-refractivity contribution in [1.82, 2.24) is 40.9 Å². The Morgan fingerprint density at radius 2 is 1.26 bits per heavy atom. The fourth-order valence-corrected chi connectivity index (χ4v) is 5.95. The van der Waals surface area contributed by atoms with E-state index in [1.54, 1.807) is 0 Å². The minimum Gasteiger partial charge on any atom is -0.314 e. The first-order valence-electron chi connectivity index (χ1n) is 11.2. The summed E-state index contributed by atoms with van der Waals surface area (Å²) in [5.74, 6) is 0. The molecule has 5 heterocycles. The van der Waals surface area contributed by atoms with Crippen LogP contribution in [-0.2, 0) is 0 Å². The van der Waals surface area contributed by atoms with E-state index in [9.17, 15) is 0 Å². The average Bonchev–Trinajstić information content (AvgIpc) is 3.27. The van der Waals surface area contributed by atoms with Gasteiger partial charge in [0.05, 0.1) is 12.3 Å². The summed E-state index contributed by atoms with van der Waals surface area (Å²) in [5, 5.41) is 14.6. The minimum atomic E-state index is 0.559. The summed E-state index contributed by atoms with van der Waals surface area (Å²) in [4.78, 5) is 11.1. The predicted molar refractivity (Wildman–Crippen MR) is 108 cm³/mol. The van der Waals surface area contributed by atoms with Gasteiger partial charge in [-0.25, -0.2) is 0 Å². The summed E-state index contributed by atoms with van der Waals surface area (Å²) in [6.45, 7) is 16.3. The highest BCUT2D eigenvalue weighted by Gasteiger charge is 2.54. The number of hydrogen-bond acceptors (Lipinski definition) is 8. The molecule has 0 bridgehead atoms. The molecule has 0 radical (unpaired) electrons. The van der Waals surface area contributed by atoms with Gasteiger partial charge in [-0.2, -0.15) is 0 Å². The third-order valence-corrected chi connectivity index (χ3v) is 7.28. The van der Waals surface area contributed by atoms with Crippen molar-refractivity contribution >= 4 is 0 Å². The molecule has 5 rings (SSSR count). The average molecular weight is 379 g/mol. The van der Waals surface area contributed by atoms with Crippen molar-refractivity contribution in [2.75, 3.05) is 91.6 Å². The molecule has 0 amide bonds. The van der Waals surface area contributed by atoms with E-state index >= 15 is 0 Å². The predicted octanol–water partition coefficient (Wildman–Crippen LogP) is -2.60. The molecule has 5 aliphatic rings. The van der Waals surface area contributed by atoms with E-state index < -0.39 is 0 Å². The maximum atomic E-state index is 3.84. The molecule has 5 saturated heterocycles. The largest absolute Gasteiger partial charge is 0.314 e. The van der Waals surface area contributed by atoms with E-state index in [4.69, 9.17) is 0 Å². The van der Waals surface area contributed by atoms with Gasteiger partial charge in [0.15, 0.2) is 0 Å². The number of nitrogens with one attached hydrogen (secondary N) is 4. The summed E-state index contributed by atoms with van der Waals surface area (Å²) in [6, 6.07) is 1.25. The van der Waals surface area contributed by atoms with Crippen LogP contribution >= 0.6 is 0 Å². The Morgan fingerprint density at radius 1 is 0.630 bits per heavy atom. The number of nitrogens with zero attached hydrogens (tertiary/aromatic N) is 4. The minimum absolute atomic E-state index is 0.559. The standard InChI is InChI=1S/C19H38N8/c1-2-21-5-6-23-16(14-22-4-3-20-1)13-17-15-26-10-9-24-7-8-25-11-12-27(17)19(25)18(24)26/h16-23H,1-15H2. The number of piperazine rings is 2. The molecule has 0 spiro atoms. The third kappa shape index (κ3) is 3.91. The maximum Gasteiger partial charge on any atom is 0.0925 e. The van der Waals surface area contributed by atoms with E-state index in [2.05, 4.69) is 40.9 Å². The molecule has 27 heavy (non-hydrogen) atoms.